The van der Waals surface area contributed by atoms with E-state index < -0.39 is 39.0 Å². The van der Waals surface area contributed by atoms with Crippen molar-refractivity contribution in [3.05, 3.63) is 52.8 Å². The number of amides is 1. The average Bonchev–Trinajstić information content (AvgIpc) is 2.96. The van der Waals surface area contributed by atoms with Gasteiger partial charge in [-0.2, -0.15) is 0 Å². The van der Waals surface area contributed by atoms with Crippen molar-refractivity contribution in [3.63, 3.8) is 0 Å². The number of aliphatic carboxylic acids is 1. The molecule has 9 heteroatoms. The van der Waals surface area contributed by atoms with Crippen molar-refractivity contribution in [3.8, 4) is 0 Å². The molecule has 7 nitrogen and oxygen atoms in total. The van der Waals surface area contributed by atoms with Crippen molar-refractivity contribution in [1.29, 1.82) is 0 Å². The molecular formula is C19H17FN2O5S. The van der Waals surface area contributed by atoms with Crippen molar-refractivity contribution >= 4 is 33.5 Å². The molecule has 2 aromatic rings. The topological polar surface area (TPSA) is 104 Å². The van der Waals surface area contributed by atoms with Crippen molar-refractivity contribution in [1.82, 2.24) is 0 Å². The number of carbonyl (C=O) groups is 2. The third kappa shape index (κ3) is 3.29. The second-order valence-corrected chi connectivity index (χ2v) is 8.27. The summed E-state index contributed by atoms with van der Waals surface area (Å²) in [5.74, 6) is -2.13. The predicted molar refractivity (Wildman–Crippen MR) is 98.7 cm³/mol. The zero-order valence-corrected chi connectivity index (χ0v) is 15.9. The van der Waals surface area contributed by atoms with Gasteiger partial charge in [0, 0.05) is 18.0 Å². The number of carbonyl (C=O) groups excluding carboxylic acids is 1. The fourth-order valence-electron chi connectivity index (χ4n) is 3.16. The number of carboxylic acid groups (broad SMARTS) is 1. The first kappa shape index (κ1) is 19.7. The first-order valence-corrected chi connectivity index (χ1v) is 9.79. The first-order valence-electron chi connectivity index (χ1n) is 8.31. The lowest BCUT2D eigenvalue weighted by Crippen LogP contribution is -2.32. The van der Waals surface area contributed by atoms with Gasteiger partial charge in [0.15, 0.2) is 0 Å². The summed E-state index contributed by atoms with van der Waals surface area (Å²) < 4.78 is 41.0. The zero-order valence-electron chi connectivity index (χ0n) is 15.1. The molecule has 0 radical (unpaired) electrons. The predicted octanol–water partition coefficient (Wildman–Crippen LogP) is 0.898. The van der Waals surface area contributed by atoms with Gasteiger partial charge in [-0.05, 0) is 48.9 Å². The fourth-order valence-corrected chi connectivity index (χ4v) is 4.72. The summed E-state index contributed by atoms with van der Waals surface area (Å²) in [4.78, 5) is 26.8. The maximum atomic E-state index is 14.7. The largest absolute Gasteiger partial charge is 0.481 e. The number of hydrogen-bond acceptors (Lipinski definition) is 5. The standard InChI is InChI=1S/C19H17FN2O5S/c1-11-14(9-17(24)25)18-16(21-11)8-7-15(20)19(18)28(26,27)13-5-3-12(4-6-13)22(2)10-23/h3-8,10-11H,9H2,1-2H3,(H,24,25). The molecule has 1 amide bonds. The Labute approximate surface area is 160 Å². The number of sulfone groups is 1. The van der Waals surface area contributed by atoms with Gasteiger partial charge in [0.25, 0.3) is 0 Å². The van der Waals surface area contributed by atoms with Crippen molar-refractivity contribution in [2.75, 3.05) is 11.9 Å². The van der Waals surface area contributed by atoms with E-state index >= 15 is 0 Å². The summed E-state index contributed by atoms with van der Waals surface area (Å²) >= 11 is 0. The quantitative estimate of drug-likeness (QED) is 0.721. The van der Waals surface area contributed by atoms with Gasteiger partial charge in [-0.15, -0.1) is 0 Å². The van der Waals surface area contributed by atoms with Crippen LogP contribution < -0.4 is 15.5 Å². The Morgan fingerprint density at radius 3 is 2.46 bits per heavy atom. The number of benzene rings is 2. The summed E-state index contributed by atoms with van der Waals surface area (Å²) in [7, 11) is -2.78. The SMILES string of the molecule is CC1N=c2ccc(F)c(S(=O)(=O)c3ccc(N(C)C=O)cc3)c2=C1CC(=O)O. The Morgan fingerprint density at radius 2 is 1.89 bits per heavy atom. The number of carboxylic acids is 1. The third-order valence-corrected chi connectivity index (χ3v) is 6.40. The third-order valence-electron chi connectivity index (χ3n) is 4.57. The minimum atomic E-state index is -4.29. The smallest absolute Gasteiger partial charge is 0.307 e. The van der Waals surface area contributed by atoms with Gasteiger partial charge < -0.3 is 10.0 Å². The monoisotopic (exact) mass is 404 g/mol. The molecule has 146 valence electrons. The van der Waals surface area contributed by atoms with Gasteiger partial charge in [0.05, 0.1) is 22.7 Å². The van der Waals surface area contributed by atoms with E-state index in [9.17, 15) is 22.4 Å². The summed E-state index contributed by atoms with van der Waals surface area (Å²) in [6.45, 7) is 1.64. The number of nitrogens with zero attached hydrogens (tertiary/aromatic N) is 2. The van der Waals surface area contributed by atoms with Crippen LogP contribution in [0.2, 0.25) is 0 Å². The average molecular weight is 404 g/mol. The summed E-state index contributed by atoms with van der Waals surface area (Å²) in [5.41, 5.74) is 0.715. The van der Waals surface area contributed by atoms with E-state index in [-0.39, 0.29) is 21.0 Å². The van der Waals surface area contributed by atoms with Crippen molar-refractivity contribution in [2.24, 2.45) is 4.99 Å². The highest BCUT2D eigenvalue weighted by molar-refractivity contribution is 7.91. The highest BCUT2D eigenvalue weighted by atomic mass is 32.2. The highest BCUT2D eigenvalue weighted by Gasteiger charge is 2.29. The van der Waals surface area contributed by atoms with Gasteiger partial charge in [-0.1, -0.05) is 0 Å². The Kier molecular flexibility index (Phi) is 5.03. The fraction of sp³-hybridized carbons (Fsp3) is 0.211. The van der Waals surface area contributed by atoms with E-state index in [0.29, 0.717) is 12.1 Å². The molecule has 1 unspecified atom stereocenters. The van der Waals surface area contributed by atoms with Crippen LogP contribution in [-0.4, -0.2) is 39.0 Å². The van der Waals surface area contributed by atoms with E-state index in [4.69, 9.17) is 5.11 Å². The normalized spacial score (nSPS) is 15.7. The van der Waals surface area contributed by atoms with Crippen LogP contribution in [0.5, 0.6) is 0 Å². The molecule has 0 aliphatic carbocycles. The molecule has 0 fully saturated rings. The number of hydrogen-bond donors (Lipinski definition) is 1. The number of anilines is 1. The molecule has 0 saturated carbocycles. The molecule has 3 rings (SSSR count). The van der Waals surface area contributed by atoms with Gasteiger partial charge >= 0.3 is 5.97 Å². The molecule has 1 aliphatic heterocycles. The van der Waals surface area contributed by atoms with Crippen LogP contribution in [0.25, 0.3) is 5.57 Å². The molecule has 1 aliphatic rings. The van der Waals surface area contributed by atoms with E-state index in [1.54, 1.807) is 6.92 Å². The molecule has 0 bridgehead atoms. The second-order valence-electron chi connectivity index (χ2n) is 6.39. The maximum absolute atomic E-state index is 14.7. The van der Waals surface area contributed by atoms with Crippen LogP contribution in [0.1, 0.15) is 13.3 Å². The van der Waals surface area contributed by atoms with Crippen LogP contribution in [0.4, 0.5) is 10.1 Å². The molecule has 1 N–H and O–H groups in total. The van der Waals surface area contributed by atoms with E-state index in [1.165, 1.54) is 42.3 Å². The minimum Gasteiger partial charge on any atom is -0.481 e. The summed E-state index contributed by atoms with van der Waals surface area (Å²) in [6, 6.07) is 7.20. The maximum Gasteiger partial charge on any atom is 0.307 e. The van der Waals surface area contributed by atoms with Crippen molar-refractivity contribution in [2.45, 2.75) is 29.2 Å². The van der Waals surface area contributed by atoms with Crippen molar-refractivity contribution < 1.29 is 27.5 Å². The van der Waals surface area contributed by atoms with Gasteiger partial charge in [-0.3, -0.25) is 14.6 Å². The summed E-state index contributed by atoms with van der Waals surface area (Å²) in [6.07, 6.45) is 0.135. The highest BCUT2D eigenvalue weighted by Crippen LogP contribution is 2.25. The number of halogens is 1. The molecular weight excluding hydrogens is 387 g/mol. The molecule has 0 saturated heterocycles. The molecule has 1 atom stereocenters. The number of fused-ring (bicyclic) bond motifs is 1. The second kappa shape index (κ2) is 7.16. The van der Waals surface area contributed by atoms with Crippen LogP contribution in [0.3, 0.4) is 0 Å². The molecule has 28 heavy (non-hydrogen) atoms. The minimum absolute atomic E-state index is 0.0176. The van der Waals surface area contributed by atoms with Crippen LogP contribution >= 0.6 is 0 Å². The van der Waals surface area contributed by atoms with E-state index in [1.807, 2.05) is 0 Å². The van der Waals surface area contributed by atoms with Crippen LogP contribution in [0, 0.1) is 5.82 Å². The number of rotatable bonds is 6. The van der Waals surface area contributed by atoms with Crippen LogP contribution in [0.15, 0.2) is 51.2 Å². The lowest BCUT2D eigenvalue weighted by atomic mass is 10.0. The zero-order chi connectivity index (χ0) is 20.6. The van der Waals surface area contributed by atoms with Crippen LogP contribution in [-0.2, 0) is 19.4 Å². The van der Waals surface area contributed by atoms with Gasteiger partial charge in [0.2, 0.25) is 16.2 Å². The van der Waals surface area contributed by atoms with Gasteiger partial charge in [0.1, 0.15) is 10.7 Å². The van der Waals surface area contributed by atoms with Gasteiger partial charge in [-0.25, -0.2) is 12.8 Å². The lowest BCUT2D eigenvalue weighted by molar-refractivity contribution is -0.135. The molecule has 2 aromatic carbocycles. The molecule has 0 spiro atoms. The Balaban J connectivity index is 2.27. The lowest BCUT2D eigenvalue weighted by Gasteiger charge is -2.12. The Morgan fingerprint density at radius 1 is 1.25 bits per heavy atom. The summed E-state index contributed by atoms with van der Waals surface area (Å²) in [5, 5.41) is 9.43. The van der Waals surface area contributed by atoms with E-state index in [0.717, 1.165) is 6.07 Å². The Bertz CT molecular complexity index is 1190. The first-order chi connectivity index (χ1) is 13.2. The molecule has 0 aromatic heterocycles. The van der Waals surface area contributed by atoms with E-state index in [2.05, 4.69) is 4.99 Å². The molecule has 1 heterocycles. The Hall–Kier alpha value is -3.07.